The number of hydrogen-bond donors (Lipinski definition) is 0. The summed E-state index contributed by atoms with van der Waals surface area (Å²) in [6, 6.07) is 16.1. The molecule has 22 heavy (non-hydrogen) atoms. The maximum atomic E-state index is 6.32. The van der Waals surface area contributed by atoms with Crippen LogP contribution in [0.4, 0.5) is 0 Å². The molecule has 2 aromatic carbocycles. The van der Waals surface area contributed by atoms with Gasteiger partial charge in [-0.1, -0.05) is 41.9 Å². The largest absolute Gasteiger partial charge is 0.494 e. The van der Waals surface area contributed by atoms with E-state index in [4.69, 9.17) is 16.3 Å². The zero-order chi connectivity index (χ0) is 15.2. The topological polar surface area (TPSA) is 12.5 Å². The van der Waals surface area contributed by atoms with Gasteiger partial charge in [0.05, 0.1) is 6.61 Å². The lowest BCUT2D eigenvalue weighted by Crippen LogP contribution is -2.21. The van der Waals surface area contributed by atoms with E-state index in [1.54, 1.807) is 0 Å². The highest BCUT2D eigenvalue weighted by molar-refractivity contribution is 6.33. The summed E-state index contributed by atoms with van der Waals surface area (Å²) in [7, 11) is 0. The minimum atomic E-state index is 0.756. The van der Waals surface area contributed by atoms with Gasteiger partial charge in [-0.2, -0.15) is 0 Å². The van der Waals surface area contributed by atoms with Gasteiger partial charge >= 0.3 is 0 Å². The minimum Gasteiger partial charge on any atom is -0.494 e. The molecule has 0 amide bonds. The number of likely N-dealkylation sites (tertiary alicyclic amines) is 1. The van der Waals surface area contributed by atoms with Gasteiger partial charge in [0.25, 0.3) is 0 Å². The van der Waals surface area contributed by atoms with Gasteiger partial charge in [0.1, 0.15) is 5.75 Å². The van der Waals surface area contributed by atoms with Crippen molar-refractivity contribution in [1.82, 2.24) is 4.90 Å². The molecule has 1 aliphatic heterocycles. The van der Waals surface area contributed by atoms with Crippen molar-refractivity contribution in [2.75, 3.05) is 26.2 Å². The first-order valence-corrected chi connectivity index (χ1v) is 8.41. The fourth-order valence-electron chi connectivity index (χ4n) is 2.92. The predicted molar refractivity (Wildman–Crippen MR) is 92.7 cm³/mol. The van der Waals surface area contributed by atoms with Gasteiger partial charge in [-0.3, -0.25) is 0 Å². The third-order valence-electron chi connectivity index (χ3n) is 4.11. The summed E-state index contributed by atoms with van der Waals surface area (Å²) in [4.78, 5) is 2.51. The Hall–Kier alpha value is -1.51. The van der Waals surface area contributed by atoms with Crippen molar-refractivity contribution in [1.29, 1.82) is 0 Å². The molecule has 2 aromatic rings. The van der Waals surface area contributed by atoms with Crippen LogP contribution in [0.2, 0.25) is 5.02 Å². The van der Waals surface area contributed by atoms with Crippen LogP contribution < -0.4 is 4.74 Å². The smallest absolute Gasteiger partial charge is 0.120 e. The molecule has 3 heteroatoms. The van der Waals surface area contributed by atoms with Crippen molar-refractivity contribution in [2.45, 2.75) is 19.3 Å². The summed E-state index contributed by atoms with van der Waals surface area (Å²) in [5.74, 6) is 0.893. The molecular weight excluding hydrogens is 294 g/mol. The molecule has 1 aliphatic rings. The van der Waals surface area contributed by atoms with Crippen molar-refractivity contribution in [2.24, 2.45) is 0 Å². The number of nitrogens with zero attached hydrogens (tertiary/aromatic N) is 1. The van der Waals surface area contributed by atoms with Crippen LogP contribution in [0, 0.1) is 0 Å². The van der Waals surface area contributed by atoms with Gasteiger partial charge in [-0.25, -0.2) is 0 Å². The molecule has 0 radical (unpaired) electrons. The van der Waals surface area contributed by atoms with Crippen molar-refractivity contribution >= 4 is 11.6 Å². The van der Waals surface area contributed by atoms with E-state index < -0.39 is 0 Å². The fraction of sp³-hybridized carbons (Fsp3) is 0.368. The Morgan fingerprint density at radius 3 is 2.55 bits per heavy atom. The Bertz CT molecular complexity index is 594. The normalized spacial score (nSPS) is 15.1. The van der Waals surface area contributed by atoms with E-state index in [0.29, 0.717) is 0 Å². The second-order valence-electron chi connectivity index (χ2n) is 5.76. The standard InChI is InChI=1S/C19H22ClNO/c20-19-10-9-17(15-18(19)16-7-2-1-3-8-16)22-14-6-13-21-11-4-5-12-21/h1-3,7-10,15H,4-6,11-14H2. The number of benzene rings is 2. The maximum Gasteiger partial charge on any atom is 0.120 e. The summed E-state index contributed by atoms with van der Waals surface area (Å²) in [5, 5.41) is 0.760. The number of ether oxygens (including phenoxy) is 1. The number of halogens is 1. The van der Waals surface area contributed by atoms with E-state index in [0.717, 1.165) is 41.5 Å². The molecule has 1 fully saturated rings. The lowest BCUT2D eigenvalue weighted by molar-refractivity contribution is 0.263. The summed E-state index contributed by atoms with van der Waals surface area (Å²) in [6.07, 6.45) is 3.76. The molecule has 0 saturated carbocycles. The zero-order valence-electron chi connectivity index (χ0n) is 12.8. The molecule has 1 heterocycles. The van der Waals surface area contributed by atoms with Crippen LogP contribution in [0.3, 0.4) is 0 Å². The van der Waals surface area contributed by atoms with E-state index in [-0.39, 0.29) is 0 Å². The molecule has 1 saturated heterocycles. The summed E-state index contributed by atoms with van der Waals surface area (Å²) in [6.45, 7) is 4.39. The average Bonchev–Trinajstić information content (AvgIpc) is 3.07. The zero-order valence-corrected chi connectivity index (χ0v) is 13.6. The molecule has 0 spiro atoms. The first-order chi connectivity index (χ1) is 10.8. The molecule has 0 aliphatic carbocycles. The molecule has 0 atom stereocenters. The van der Waals surface area contributed by atoms with Crippen molar-refractivity contribution in [3.63, 3.8) is 0 Å². The van der Waals surface area contributed by atoms with Crippen LogP contribution in [0.15, 0.2) is 48.5 Å². The fourth-order valence-corrected chi connectivity index (χ4v) is 3.14. The van der Waals surface area contributed by atoms with Crippen molar-refractivity contribution in [3.05, 3.63) is 53.6 Å². The molecule has 116 valence electrons. The van der Waals surface area contributed by atoms with Crippen LogP contribution in [0.5, 0.6) is 5.75 Å². The second kappa shape index (κ2) is 7.66. The summed E-state index contributed by atoms with van der Waals surface area (Å²) in [5.41, 5.74) is 2.15. The van der Waals surface area contributed by atoms with Gasteiger partial charge in [0.2, 0.25) is 0 Å². The third kappa shape index (κ3) is 4.02. The van der Waals surface area contributed by atoms with Crippen LogP contribution in [0.25, 0.3) is 11.1 Å². The number of rotatable bonds is 6. The number of hydrogen-bond acceptors (Lipinski definition) is 2. The Kier molecular flexibility index (Phi) is 5.36. The molecule has 0 N–H and O–H groups in total. The Labute approximate surface area is 137 Å². The highest BCUT2D eigenvalue weighted by Crippen LogP contribution is 2.31. The van der Waals surface area contributed by atoms with E-state index >= 15 is 0 Å². The van der Waals surface area contributed by atoms with E-state index in [2.05, 4.69) is 17.0 Å². The van der Waals surface area contributed by atoms with Crippen molar-refractivity contribution in [3.8, 4) is 16.9 Å². The third-order valence-corrected chi connectivity index (χ3v) is 4.44. The second-order valence-corrected chi connectivity index (χ2v) is 6.17. The van der Waals surface area contributed by atoms with Gasteiger partial charge in [-0.05, 0) is 56.1 Å². The first kappa shape index (κ1) is 15.4. The Balaban J connectivity index is 1.57. The van der Waals surface area contributed by atoms with Crippen LogP contribution in [-0.4, -0.2) is 31.1 Å². The summed E-state index contributed by atoms with van der Waals surface area (Å²) < 4.78 is 5.90. The maximum absolute atomic E-state index is 6.32. The molecule has 3 rings (SSSR count). The van der Waals surface area contributed by atoms with Crippen LogP contribution >= 0.6 is 11.6 Å². The Morgan fingerprint density at radius 1 is 1.00 bits per heavy atom. The van der Waals surface area contributed by atoms with E-state index in [1.165, 1.54) is 25.9 Å². The Morgan fingerprint density at radius 2 is 1.77 bits per heavy atom. The van der Waals surface area contributed by atoms with Gasteiger partial charge in [-0.15, -0.1) is 0 Å². The molecule has 0 aromatic heterocycles. The van der Waals surface area contributed by atoms with Gasteiger partial charge in [0.15, 0.2) is 0 Å². The monoisotopic (exact) mass is 315 g/mol. The SMILES string of the molecule is Clc1ccc(OCCCN2CCCC2)cc1-c1ccccc1. The van der Waals surface area contributed by atoms with Crippen LogP contribution in [0.1, 0.15) is 19.3 Å². The minimum absolute atomic E-state index is 0.756. The first-order valence-electron chi connectivity index (χ1n) is 8.03. The average molecular weight is 316 g/mol. The highest BCUT2D eigenvalue weighted by atomic mass is 35.5. The summed E-state index contributed by atoms with van der Waals surface area (Å²) >= 11 is 6.32. The van der Waals surface area contributed by atoms with Gasteiger partial charge in [0, 0.05) is 17.1 Å². The van der Waals surface area contributed by atoms with E-state index in [1.807, 2.05) is 36.4 Å². The van der Waals surface area contributed by atoms with E-state index in [9.17, 15) is 0 Å². The van der Waals surface area contributed by atoms with Crippen LogP contribution in [-0.2, 0) is 0 Å². The highest BCUT2D eigenvalue weighted by Gasteiger charge is 2.10. The lowest BCUT2D eigenvalue weighted by Gasteiger charge is -2.15. The molecular formula is C19H22ClNO. The molecule has 0 unspecified atom stereocenters. The lowest BCUT2D eigenvalue weighted by atomic mass is 10.1. The predicted octanol–water partition coefficient (Wildman–Crippen LogP) is 4.87. The quantitative estimate of drug-likeness (QED) is 0.705. The van der Waals surface area contributed by atoms with Gasteiger partial charge < -0.3 is 9.64 Å². The van der Waals surface area contributed by atoms with Crippen molar-refractivity contribution < 1.29 is 4.74 Å². The molecule has 0 bridgehead atoms. The molecule has 2 nitrogen and oxygen atoms in total.